The van der Waals surface area contributed by atoms with Gasteiger partial charge in [-0.05, 0) is 18.6 Å². The molecule has 0 amide bonds. The van der Waals surface area contributed by atoms with Gasteiger partial charge in [0.15, 0.2) is 0 Å². The Morgan fingerprint density at radius 1 is 0.395 bits per heavy atom. The molecule has 0 bridgehead atoms. The van der Waals surface area contributed by atoms with Gasteiger partial charge in [-0.25, -0.2) is 0 Å². The van der Waals surface area contributed by atoms with Crippen molar-refractivity contribution >= 4 is 5.69 Å². The number of nitrogen functional groups attached to an aromatic ring is 1. The Kier molecular flexibility index (Phi) is 30.6. The van der Waals surface area contributed by atoms with Crippen LogP contribution in [-0.4, -0.2) is 139 Å². The van der Waals surface area contributed by atoms with Crippen LogP contribution in [0, 0.1) is 0 Å². The van der Waals surface area contributed by atoms with Crippen LogP contribution >= 0.6 is 0 Å². The lowest BCUT2D eigenvalue weighted by molar-refractivity contribution is -0.0267. The van der Waals surface area contributed by atoms with Gasteiger partial charge < -0.3 is 57.8 Å². The van der Waals surface area contributed by atoms with E-state index in [1.54, 1.807) is 6.07 Å². The van der Waals surface area contributed by atoms with Gasteiger partial charge in [0.25, 0.3) is 0 Å². The Bertz CT molecular complexity index is 687. The molecule has 12 heteroatoms. The number of hydrogen-bond acceptors (Lipinski definition) is 12. The van der Waals surface area contributed by atoms with Gasteiger partial charge >= 0.3 is 0 Å². The highest BCUT2D eigenvalue weighted by Crippen LogP contribution is 2.19. The molecular formula is C31H57NO11. The van der Waals surface area contributed by atoms with Gasteiger partial charge in [-0.2, -0.15) is 0 Å². The first-order chi connectivity index (χ1) is 21.3. The molecule has 1 aromatic carbocycles. The Hall–Kier alpha value is -1.58. The zero-order valence-corrected chi connectivity index (χ0v) is 26.3. The lowest BCUT2D eigenvalue weighted by atomic mass is 10.3. The fraction of sp³-hybridized carbons (Fsp3) is 0.806. The Balaban J connectivity index is 1.63. The van der Waals surface area contributed by atoms with Crippen molar-refractivity contribution < 1.29 is 52.1 Å². The molecule has 0 radical (unpaired) electrons. The zero-order chi connectivity index (χ0) is 30.7. The van der Waals surface area contributed by atoms with E-state index in [4.69, 9.17) is 57.8 Å². The molecule has 0 aromatic heterocycles. The maximum Gasteiger partial charge on any atom is 0.142 e. The molecule has 1 aromatic rings. The number of nitrogens with two attached hydrogens (primary N) is 1. The van der Waals surface area contributed by atoms with Crippen LogP contribution in [0.3, 0.4) is 0 Å². The van der Waals surface area contributed by atoms with E-state index in [9.17, 15) is 0 Å². The number of para-hydroxylation sites is 2. The summed E-state index contributed by atoms with van der Waals surface area (Å²) in [6.07, 6.45) is 3.54. The van der Waals surface area contributed by atoms with Crippen molar-refractivity contribution in [3.05, 3.63) is 24.3 Å². The van der Waals surface area contributed by atoms with Gasteiger partial charge in [0.2, 0.25) is 0 Å². The van der Waals surface area contributed by atoms with E-state index in [1.165, 1.54) is 12.8 Å². The summed E-state index contributed by atoms with van der Waals surface area (Å²) in [5.41, 5.74) is 6.44. The molecule has 43 heavy (non-hydrogen) atoms. The Morgan fingerprint density at radius 3 is 1.02 bits per heavy atom. The van der Waals surface area contributed by atoms with Crippen molar-refractivity contribution in [2.75, 3.05) is 144 Å². The number of rotatable bonds is 35. The van der Waals surface area contributed by atoms with Gasteiger partial charge in [-0.1, -0.05) is 31.9 Å². The van der Waals surface area contributed by atoms with Crippen molar-refractivity contribution in [1.29, 1.82) is 0 Å². The van der Waals surface area contributed by atoms with Crippen LogP contribution in [0.5, 0.6) is 5.75 Å². The first kappa shape index (κ1) is 39.4. The average Bonchev–Trinajstić information content (AvgIpc) is 3.02. The summed E-state index contributed by atoms with van der Waals surface area (Å²) in [5, 5.41) is 0. The number of unbranched alkanes of at least 4 members (excludes halogenated alkanes) is 2. The van der Waals surface area contributed by atoms with Gasteiger partial charge in [0.05, 0.1) is 131 Å². The van der Waals surface area contributed by atoms with Crippen LogP contribution in [0.25, 0.3) is 0 Å². The lowest BCUT2D eigenvalue weighted by Crippen LogP contribution is -2.15. The summed E-state index contributed by atoms with van der Waals surface area (Å²) < 4.78 is 60.3. The summed E-state index contributed by atoms with van der Waals surface area (Å²) in [7, 11) is 0. The fourth-order valence-electron chi connectivity index (χ4n) is 3.36. The van der Waals surface area contributed by atoms with E-state index in [1.807, 2.05) is 18.2 Å². The summed E-state index contributed by atoms with van der Waals surface area (Å²) in [6.45, 7) is 13.5. The second-order valence-electron chi connectivity index (χ2n) is 9.22. The van der Waals surface area contributed by atoms with Gasteiger partial charge in [0.1, 0.15) is 12.4 Å². The van der Waals surface area contributed by atoms with Crippen LogP contribution in [0.2, 0.25) is 0 Å². The van der Waals surface area contributed by atoms with Crippen molar-refractivity contribution in [3.8, 4) is 5.75 Å². The predicted molar refractivity (Wildman–Crippen MR) is 164 cm³/mol. The smallest absolute Gasteiger partial charge is 0.142 e. The second-order valence-corrected chi connectivity index (χ2v) is 9.22. The highest BCUT2D eigenvalue weighted by atomic mass is 16.6. The molecule has 1 rings (SSSR count). The molecule has 0 aliphatic heterocycles. The molecule has 0 saturated heterocycles. The quantitative estimate of drug-likeness (QED) is 0.0886. The molecule has 0 saturated carbocycles. The second kappa shape index (κ2) is 33.3. The van der Waals surface area contributed by atoms with E-state index in [0.717, 1.165) is 13.0 Å². The molecule has 0 heterocycles. The molecule has 0 spiro atoms. The van der Waals surface area contributed by atoms with Crippen LogP contribution < -0.4 is 10.5 Å². The number of anilines is 1. The standard InChI is InChI=1S/C31H57NO11/c1-2-3-6-9-33-10-11-34-12-13-35-14-15-36-16-17-37-18-19-38-20-21-39-22-23-40-24-25-41-26-27-42-28-29-43-31-8-5-4-7-30(31)32/h4-5,7-8H,2-3,6,9-29,32H2,1H3. The van der Waals surface area contributed by atoms with E-state index in [0.29, 0.717) is 144 Å². The van der Waals surface area contributed by atoms with Crippen LogP contribution in [-0.2, 0) is 47.4 Å². The maximum absolute atomic E-state index is 5.82. The largest absolute Gasteiger partial charge is 0.489 e. The Labute approximate surface area is 258 Å². The molecule has 252 valence electrons. The third-order valence-corrected chi connectivity index (χ3v) is 5.64. The van der Waals surface area contributed by atoms with Gasteiger partial charge in [0, 0.05) is 6.61 Å². The lowest BCUT2D eigenvalue weighted by Gasteiger charge is -2.09. The van der Waals surface area contributed by atoms with Gasteiger partial charge in [-0.15, -0.1) is 0 Å². The summed E-state index contributed by atoms with van der Waals surface area (Å²) in [5.74, 6) is 0.671. The molecule has 2 N–H and O–H groups in total. The molecule has 0 aliphatic rings. The molecule has 12 nitrogen and oxygen atoms in total. The zero-order valence-electron chi connectivity index (χ0n) is 26.3. The SMILES string of the molecule is CCCCCOCCOCCOCCOCCOCCOCCOCCOCCOCCOCCOc1ccccc1N. The molecule has 0 fully saturated rings. The van der Waals surface area contributed by atoms with E-state index < -0.39 is 0 Å². The fourth-order valence-corrected chi connectivity index (χ4v) is 3.36. The van der Waals surface area contributed by atoms with Crippen molar-refractivity contribution in [3.63, 3.8) is 0 Å². The maximum atomic E-state index is 5.82. The van der Waals surface area contributed by atoms with Crippen molar-refractivity contribution in [2.45, 2.75) is 26.2 Å². The van der Waals surface area contributed by atoms with Crippen LogP contribution in [0.15, 0.2) is 24.3 Å². The van der Waals surface area contributed by atoms with E-state index in [-0.39, 0.29) is 0 Å². The molecule has 0 unspecified atom stereocenters. The third-order valence-electron chi connectivity index (χ3n) is 5.64. The summed E-state index contributed by atoms with van der Waals surface area (Å²) in [6, 6.07) is 7.39. The monoisotopic (exact) mass is 619 g/mol. The van der Waals surface area contributed by atoms with Crippen LogP contribution in [0.1, 0.15) is 26.2 Å². The molecule has 0 atom stereocenters. The molecular weight excluding hydrogens is 562 g/mol. The Morgan fingerprint density at radius 2 is 0.698 bits per heavy atom. The molecule has 0 aliphatic carbocycles. The first-order valence-electron chi connectivity index (χ1n) is 15.6. The van der Waals surface area contributed by atoms with Crippen molar-refractivity contribution in [2.24, 2.45) is 0 Å². The minimum Gasteiger partial charge on any atom is -0.489 e. The third kappa shape index (κ3) is 28.9. The number of hydrogen-bond donors (Lipinski definition) is 1. The number of ether oxygens (including phenoxy) is 11. The summed E-state index contributed by atoms with van der Waals surface area (Å²) in [4.78, 5) is 0. The van der Waals surface area contributed by atoms with Gasteiger partial charge in [-0.3, -0.25) is 0 Å². The topological polar surface area (TPSA) is 128 Å². The van der Waals surface area contributed by atoms with E-state index >= 15 is 0 Å². The normalized spacial score (nSPS) is 11.4. The predicted octanol–water partition coefficient (Wildman–Crippen LogP) is 3.00. The average molecular weight is 620 g/mol. The highest BCUT2D eigenvalue weighted by Gasteiger charge is 1.99. The highest BCUT2D eigenvalue weighted by molar-refractivity contribution is 5.51. The minimum absolute atomic E-state index is 0.441. The number of benzene rings is 1. The first-order valence-corrected chi connectivity index (χ1v) is 15.6. The minimum atomic E-state index is 0.441. The van der Waals surface area contributed by atoms with Crippen LogP contribution in [0.4, 0.5) is 5.69 Å². The van der Waals surface area contributed by atoms with Crippen molar-refractivity contribution in [1.82, 2.24) is 0 Å². The van der Waals surface area contributed by atoms with E-state index in [2.05, 4.69) is 6.92 Å². The summed E-state index contributed by atoms with van der Waals surface area (Å²) >= 11 is 0.